The van der Waals surface area contributed by atoms with E-state index in [1.165, 1.54) is 31.4 Å². The molecule has 8 nitrogen and oxygen atoms in total. The molecule has 0 aliphatic carbocycles. The van der Waals surface area contributed by atoms with E-state index in [2.05, 4.69) is 10.0 Å². The number of benzene rings is 3. The number of carbonyl (C=O) groups excluding carboxylic acids is 1. The molecule has 1 aliphatic heterocycles. The number of methoxy groups -OCH3 is 1. The maximum Gasteiger partial charge on any atom is 0.261 e. The minimum atomic E-state index is -3.89. The quantitative estimate of drug-likeness (QED) is 0.577. The van der Waals surface area contributed by atoms with Gasteiger partial charge < -0.3 is 19.5 Å². The SMILES string of the molecule is COc1ccc(NS(=O)(=O)c2cccc(C(=O)Nc3ccc4c(c3)OC(C)(C)O4)c2)cc1. The molecule has 0 fully saturated rings. The van der Waals surface area contributed by atoms with Crippen LogP contribution in [0.1, 0.15) is 24.2 Å². The van der Waals surface area contributed by atoms with Crippen molar-refractivity contribution in [1.82, 2.24) is 0 Å². The molecule has 0 saturated heterocycles. The monoisotopic (exact) mass is 454 g/mol. The number of hydrogen-bond donors (Lipinski definition) is 2. The number of anilines is 2. The number of nitrogens with one attached hydrogen (secondary N) is 2. The molecule has 2 N–H and O–H groups in total. The fourth-order valence-corrected chi connectivity index (χ4v) is 4.29. The van der Waals surface area contributed by atoms with E-state index in [1.54, 1.807) is 56.3 Å². The number of carbonyl (C=O) groups is 1. The third-order valence-electron chi connectivity index (χ3n) is 4.66. The molecule has 0 atom stereocenters. The van der Waals surface area contributed by atoms with E-state index in [-0.39, 0.29) is 10.5 Å². The zero-order valence-corrected chi connectivity index (χ0v) is 18.5. The van der Waals surface area contributed by atoms with Crippen LogP contribution >= 0.6 is 0 Å². The summed E-state index contributed by atoms with van der Waals surface area (Å²) in [6.45, 7) is 3.58. The van der Waals surface area contributed by atoms with Gasteiger partial charge in [0, 0.05) is 36.9 Å². The van der Waals surface area contributed by atoms with Gasteiger partial charge in [0.25, 0.3) is 15.9 Å². The molecule has 0 aromatic heterocycles. The second kappa shape index (κ2) is 8.08. The van der Waals surface area contributed by atoms with Gasteiger partial charge >= 0.3 is 0 Å². The Kier molecular flexibility index (Phi) is 5.43. The molecule has 0 bridgehead atoms. The fourth-order valence-electron chi connectivity index (χ4n) is 3.18. The first-order chi connectivity index (χ1) is 15.1. The highest BCUT2D eigenvalue weighted by molar-refractivity contribution is 7.92. The van der Waals surface area contributed by atoms with Crippen LogP contribution in [0, 0.1) is 0 Å². The fraction of sp³-hybridized carbons (Fsp3) is 0.174. The average Bonchev–Trinajstić information content (AvgIpc) is 3.07. The number of fused-ring (bicyclic) bond motifs is 1. The highest BCUT2D eigenvalue weighted by atomic mass is 32.2. The second-order valence-electron chi connectivity index (χ2n) is 7.58. The van der Waals surface area contributed by atoms with Gasteiger partial charge in [0.05, 0.1) is 12.0 Å². The van der Waals surface area contributed by atoms with Gasteiger partial charge in [-0.15, -0.1) is 0 Å². The summed E-state index contributed by atoms with van der Waals surface area (Å²) < 4.78 is 44.4. The lowest BCUT2D eigenvalue weighted by molar-refractivity contribution is -0.0431. The van der Waals surface area contributed by atoms with Crippen LogP contribution in [-0.4, -0.2) is 27.2 Å². The Morgan fingerprint density at radius 3 is 2.31 bits per heavy atom. The van der Waals surface area contributed by atoms with Crippen molar-refractivity contribution in [3.8, 4) is 17.2 Å². The maximum absolute atomic E-state index is 12.8. The Hall–Kier alpha value is -3.72. The lowest BCUT2D eigenvalue weighted by atomic mass is 10.2. The molecule has 3 aromatic carbocycles. The van der Waals surface area contributed by atoms with Crippen LogP contribution in [0.4, 0.5) is 11.4 Å². The summed E-state index contributed by atoms with van der Waals surface area (Å²) in [4.78, 5) is 12.7. The normalized spacial score (nSPS) is 14.0. The second-order valence-corrected chi connectivity index (χ2v) is 9.26. The highest BCUT2D eigenvalue weighted by Gasteiger charge is 2.31. The predicted octanol–water partition coefficient (Wildman–Crippen LogP) is 4.26. The molecule has 1 aliphatic rings. The molecule has 0 unspecified atom stereocenters. The van der Waals surface area contributed by atoms with E-state index in [4.69, 9.17) is 14.2 Å². The van der Waals surface area contributed by atoms with Crippen LogP contribution in [0.3, 0.4) is 0 Å². The van der Waals surface area contributed by atoms with Crippen LogP contribution in [0.15, 0.2) is 71.6 Å². The van der Waals surface area contributed by atoms with Gasteiger partial charge in [0.1, 0.15) is 5.75 Å². The van der Waals surface area contributed by atoms with Gasteiger partial charge in [-0.1, -0.05) is 6.07 Å². The first kappa shape index (κ1) is 21.5. The van der Waals surface area contributed by atoms with Crippen molar-refractivity contribution in [2.75, 3.05) is 17.1 Å². The minimum absolute atomic E-state index is 0.0339. The largest absolute Gasteiger partial charge is 0.497 e. The molecule has 9 heteroatoms. The minimum Gasteiger partial charge on any atom is -0.497 e. The van der Waals surface area contributed by atoms with Crippen molar-refractivity contribution in [3.05, 3.63) is 72.3 Å². The van der Waals surface area contributed by atoms with E-state index < -0.39 is 21.7 Å². The first-order valence-corrected chi connectivity index (χ1v) is 11.2. The van der Waals surface area contributed by atoms with Gasteiger partial charge in [0.2, 0.25) is 5.79 Å². The summed E-state index contributed by atoms with van der Waals surface area (Å²) in [6, 6.07) is 17.3. The molecular weight excluding hydrogens is 432 g/mol. The Balaban J connectivity index is 1.50. The molecule has 0 saturated carbocycles. The number of ether oxygens (including phenoxy) is 3. The van der Waals surface area contributed by atoms with Gasteiger partial charge in [0.15, 0.2) is 11.5 Å². The smallest absolute Gasteiger partial charge is 0.261 e. The summed E-state index contributed by atoms with van der Waals surface area (Å²) in [6.07, 6.45) is 0. The number of rotatable bonds is 6. The Morgan fingerprint density at radius 1 is 0.906 bits per heavy atom. The van der Waals surface area contributed by atoms with Crippen molar-refractivity contribution < 1.29 is 27.4 Å². The summed E-state index contributed by atoms with van der Waals surface area (Å²) in [5.41, 5.74) is 1.07. The molecule has 0 spiro atoms. The molecule has 3 aromatic rings. The van der Waals surface area contributed by atoms with Crippen LogP contribution in [0.2, 0.25) is 0 Å². The molecule has 32 heavy (non-hydrogen) atoms. The van der Waals surface area contributed by atoms with Crippen molar-refractivity contribution in [2.45, 2.75) is 24.5 Å². The van der Waals surface area contributed by atoms with E-state index >= 15 is 0 Å². The molecule has 4 rings (SSSR count). The van der Waals surface area contributed by atoms with E-state index in [0.29, 0.717) is 28.6 Å². The first-order valence-electron chi connectivity index (χ1n) is 9.76. The average molecular weight is 455 g/mol. The Bertz CT molecular complexity index is 1270. The van der Waals surface area contributed by atoms with Gasteiger partial charge in [-0.25, -0.2) is 8.42 Å². The maximum atomic E-state index is 12.8. The number of sulfonamides is 1. The lowest BCUT2D eigenvalue weighted by Gasteiger charge is -2.16. The van der Waals surface area contributed by atoms with E-state index in [1.807, 2.05) is 0 Å². The van der Waals surface area contributed by atoms with Gasteiger partial charge in [-0.3, -0.25) is 9.52 Å². The van der Waals surface area contributed by atoms with Crippen LogP contribution in [-0.2, 0) is 10.0 Å². The summed E-state index contributed by atoms with van der Waals surface area (Å²) in [7, 11) is -2.36. The van der Waals surface area contributed by atoms with Gasteiger partial charge in [-0.05, 0) is 54.6 Å². The van der Waals surface area contributed by atoms with Gasteiger partial charge in [-0.2, -0.15) is 0 Å². The molecular formula is C23H22N2O6S. The zero-order chi connectivity index (χ0) is 22.9. The van der Waals surface area contributed by atoms with Crippen molar-refractivity contribution in [1.29, 1.82) is 0 Å². The van der Waals surface area contributed by atoms with Crippen LogP contribution in [0.25, 0.3) is 0 Å². The molecule has 166 valence electrons. The third-order valence-corrected chi connectivity index (χ3v) is 6.04. The molecule has 0 radical (unpaired) electrons. The van der Waals surface area contributed by atoms with Crippen molar-refractivity contribution in [2.24, 2.45) is 0 Å². The van der Waals surface area contributed by atoms with E-state index in [9.17, 15) is 13.2 Å². The molecule has 1 heterocycles. The number of hydrogen-bond acceptors (Lipinski definition) is 6. The standard InChI is InChI=1S/C23H22N2O6S/c1-23(2)30-20-12-9-17(14-21(20)31-23)24-22(26)15-5-4-6-19(13-15)32(27,28)25-16-7-10-18(29-3)11-8-16/h4-14,25H,1-3H3,(H,24,26). The number of amides is 1. The lowest BCUT2D eigenvalue weighted by Crippen LogP contribution is -2.29. The van der Waals surface area contributed by atoms with Crippen LogP contribution in [0.5, 0.6) is 17.2 Å². The van der Waals surface area contributed by atoms with E-state index in [0.717, 1.165) is 0 Å². The van der Waals surface area contributed by atoms with Crippen LogP contribution < -0.4 is 24.2 Å². The zero-order valence-electron chi connectivity index (χ0n) is 17.7. The summed E-state index contributed by atoms with van der Waals surface area (Å²) in [5, 5.41) is 2.75. The highest BCUT2D eigenvalue weighted by Crippen LogP contribution is 2.40. The summed E-state index contributed by atoms with van der Waals surface area (Å²) >= 11 is 0. The predicted molar refractivity (Wildman–Crippen MR) is 120 cm³/mol. The third kappa shape index (κ3) is 4.62. The van der Waals surface area contributed by atoms with Crippen molar-refractivity contribution in [3.63, 3.8) is 0 Å². The topological polar surface area (TPSA) is 103 Å². The molecule has 1 amide bonds. The Morgan fingerprint density at radius 2 is 1.59 bits per heavy atom. The Labute approximate surface area is 186 Å². The summed E-state index contributed by atoms with van der Waals surface area (Å²) in [5.74, 6) is 0.492. The van der Waals surface area contributed by atoms with Crippen molar-refractivity contribution >= 4 is 27.3 Å².